The summed E-state index contributed by atoms with van der Waals surface area (Å²) in [5.74, 6) is -0.0715. The van der Waals surface area contributed by atoms with Gasteiger partial charge < -0.3 is 15.0 Å². The molecule has 0 aliphatic carbocycles. The molecule has 1 fully saturated rings. The lowest BCUT2D eigenvalue weighted by atomic mass is 10.1. The highest BCUT2D eigenvalue weighted by atomic mass is 35.5. The fraction of sp³-hybridized carbons (Fsp3) is 0.250. The van der Waals surface area contributed by atoms with E-state index in [-0.39, 0.29) is 5.91 Å². The molecule has 1 N–H and O–H groups in total. The number of aryl methyl sites for hydroxylation is 1. The number of aromatic nitrogens is 2. The number of fused-ring (bicyclic) bond motifs is 1. The van der Waals surface area contributed by atoms with Crippen LogP contribution in [0, 0.1) is 6.92 Å². The van der Waals surface area contributed by atoms with Crippen molar-refractivity contribution in [2.75, 3.05) is 31.6 Å². The Morgan fingerprint density at radius 2 is 2.04 bits per heavy atom. The number of pyridine rings is 2. The number of rotatable bonds is 3. The van der Waals surface area contributed by atoms with E-state index in [0.29, 0.717) is 48.2 Å². The number of anilines is 2. The van der Waals surface area contributed by atoms with Crippen molar-refractivity contribution in [1.29, 1.82) is 0 Å². The molecule has 1 saturated heterocycles. The number of nitrogens with zero attached hydrogens (tertiary/aromatic N) is 3. The van der Waals surface area contributed by atoms with Crippen molar-refractivity contribution >= 4 is 39.9 Å². The monoisotopic (exact) mass is 382 g/mol. The molecule has 138 valence electrons. The van der Waals surface area contributed by atoms with E-state index in [1.54, 1.807) is 11.1 Å². The van der Waals surface area contributed by atoms with Crippen LogP contribution in [0.25, 0.3) is 11.0 Å². The molecular weight excluding hydrogens is 364 g/mol. The quantitative estimate of drug-likeness (QED) is 0.746. The number of amides is 1. The molecule has 0 saturated carbocycles. The Morgan fingerprint density at radius 3 is 2.81 bits per heavy atom. The summed E-state index contributed by atoms with van der Waals surface area (Å²) in [5.41, 5.74) is 3.46. The van der Waals surface area contributed by atoms with Crippen molar-refractivity contribution in [3.63, 3.8) is 0 Å². The van der Waals surface area contributed by atoms with E-state index in [4.69, 9.17) is 16.3 Å². The minimum atomic E-state index is -0.0715. The van der Waals surface area contributed by atoms with Crippen LogP contribution in [0.2, 0.25) is 5.02 Å². The maximum absolute atomic E-state index is 13.1. The maximum Gasteiger partial charge on any atom is 0.257 e. The number of carbonyl (C=O) groups is 1. The fourth-order valence-electron chi connectivity index (χ4n) is 3.12. The van der Waals surface area contributed by atoms with Crippen molar-refractivity contribution in [1.82, 2.24) is 14.9 Å². The molecule has 3 heterocycles. The van der Waals surface area contributed by atoms with E-state index >= 15 is 0 Å². The molecule has 4 rings (SSSR count). The summed E-state index contributed by atoms with van der Waals surface area (Å²) < 4.78 is 5.36. The number of ether oxygens (including phenoxy) is 1. The molecule has 2 aromatic heterocycles. The zero-order chi connectivity index (χ0) is 18.8. The standard InChI is InChI=1S/C20H19ClN4O2/c1-13-5-6-16-18(24-15-4-2-3-14(21)11-15)17(12-22-19(16)23-13)20(26)25-7-9-27-10-8-25/h2-6,11-12H,7-10H2,1H3,(H,22,23,24). The summed E-state index contributed by atoms with van der Waals surface area (Å²) in [4.78, 5) is 23.8. The molecule has 0 atom stereocenters. The van der Waals surface area contributed by atoms with E-state index in [1.165, 1.54) is 0 Å². The lowest BCUT2D eigenvalue weighted by molar-refractivity contribution is 0.0303. The number of hydrogen-bond acceptors (Lipinski definition) is 5. The maximum atomic E-state index is 13.1. The van der Waals surface area contributed by atoms with E-state index in [0.717, 1.165) is 16.8 Å². The lowest BCUT2D eigenvalue weighted by Gasteiger charge is -2.27. The molecule has 1 aliphatic rings. The molecule has 3 aromatic rings. The van der Waals surface area contributed by atoms with Crippen LogP contribution < -0.4 is 5.32 Å². The highest BCUT2D eigenvalue weighted by molar-refractivity contribution is 6.30. The highest BCUT2D eigenvalue weighted by Crippen LogP contribution is 2.30. The third kappa shape index (κ3) is 3.72. The van der Waals surface area contributed by atoms with E-state index in [9.17, 15) is 4.79 Å². The van der Waals surface area contributed by atoms with Crippen LogP contribution in [0.1, 0.15) is 16.1 Å². The van der Waals surface area contributed by atoms with E-state index in [1.807, 2.05) is 43.3 Å². The topological polar surface area (TPSA) is 67.4 Å². The van der Waals surface area contributed by atoms with Crippen LogP contribution in [-0.2, 0) is 4.74 Å². The van der Waals surface area contributed by atoms with Crippen LogP contribution in [0.5, 0.6) is 0 Å². The van der Waals surface area contributed by atoms with Gasteiger partial charge in [0.2, 0.25) is 0 Å². The Bertz CT molecular complexity index is 1000. The fourth-order valence-corrected chi connectivity index (χ4v) is 3.31. The van der Waals surface area contributed by atoms with Gasteiger partial charge in [-0.25, -0.2) is 9.97 Å². The number of nitrogens with one attached hydrogen (secondary N) is 1. The normalized spacial score (nSPS) is 14.4. The van der Waals surface area contributed by atoms with Gasteiger partial charge >= 0.3 is 0 Å². The molecule has 0 radical (unpaired) electrons. The van der Waals surface area contributed by atoms with Gasteiger partial charge in [-0.3, -0.25) is 4.79 Å². The first-order chi connectivity index (χ1) is 13.1. The molecule has 1 aromatic carbocycles. The zero-order valence-corrected chi connectivity index (χ0v) is 15.7. The summed E-state index contributed by atoms with van der Waals surface area (Å²) in [7, 11) is 0. The number of morpholine rings is 1. The Kier molecular flexibility index (Phi) is 4.92. The molecule has 0 unspecified atom stereocenters. The van der Waals surface area contributed by atoms with Crippen molar-refractivity contribution in [2.45, 2.75) is 6.92 Å². The van der Waals surface area contributed by atoms with Gasteiger partial charge in [0.25, 0.3) is 5.91 Å². The van der Waals surface area contributed by atoms with Crippen molar-refractivity contribution in [2.24, 2.45) is 0 Å². The Labute approximate surface area is 162 Å². The molecule has 27 heavy (non-hydrogen) atoms. The van der Waals surface area contributed by atoms with Crippen molar-refractivity contribution in [3.8, 4) is 0 Å². The second-order valence-electron chi connectivity index (χ2n) is 6.41. The smallest absolute Gasteiger partial charge is 0.257 e. The molecule has 0 bridgehead atoms. The van der Waals surface area contributed by atoms with Crippen LogP contribution in [0.3, 0.4) is 0 Å². The first kappa shape index (κ1) is 17.7. The minimum absolute atomic E-state index is 0.0715. The van der Waals surface area contributed by atoms with Crippen LogP contribution >= 0.6 is 11.6 Å². The number of hydrogen-bond donors (Lipinski definition) is 1. The molecular formula is C20H19ClN4O2. The summed E-state index contributed by atoms with van der Waals surface area (Å²) in [6, 6.07) is 11.2. The van der Waals surface area contributed by atoms with Crippen LogP contribution in [-0.4, -0.2) is 47.1 Å². The average Bonchev–Trinajstić information content (AvgIpc) is 2.68. The predicted molar refractivity (Wildman–Crippen MR) is 106 cm³/mol. The molecule has 0 spiro atoms. The predicted octanol–water partition coefficient (Wildman–Crippen LogP) is 3.81. The third-order valence-electron chi connectivity index (χ3n) is 4.49. The lowest BCUT2D eigenvalue weighted by Crippen LogP contribution is -2.41. The molecule has 7 heteroatoms. The summed E-state index contributed by atoms with van der Waals surface area (Å²) in [6.07, 6.45) is 1.60. The number of carbonyl (C=O) groups excluding carboxylic acids is 1. The largest absolute Gasteiger partial charge is 0.378 e. The highest BCUT2D eigenvalue weighted by Gasteiger charge is 2.23. The van der Waals surface area contributed by atoms with E-state index in [2.05, 4.69) is 15.3 Å². The van der Waals surface area contributed by atoms with Crippen molar-refractivity contribution in [3.05, 3.63) is 58.9 Å². The van der Waals surface area contributed by atoms with Gasteiger partial charge in [0.15, 0.2) is 5.65 Å². The number of halogens is 1. The summed E-state index contributed by atoms with van der Waals surface area (Å²) in [5, 5.41) is 4.76. The first-order valence-corrected chi connectivity index (χ1v) is 9.15. The van der Waals surface area contributed by atoms with Gasteiger partial charge in [-0.2, -0.15) is 0 Å². The Morgan fingerprint density at radius 1 is 1.22 bits per heavy atom. The summed E-state index contributed by atoms with van der Waals surface area (Å²) >= 11 is 6.12. The molecule has 6 nitrogen and oxygen atoms in total. The SMILES string of the molecule is Cc1ccc2c(Nc3cccc(Cl)c3)c(C(=O)N3CCOCC3)cnc2n1. The second-order valence-corrected chi connectivity index (χ2v) is 6.85. The van der Waals surface area contributed by atoms with Gasteiger partial charge in [-0.15, -0.1) is 0 Å². The second kappa shape index (κ2) is 7.50. The van der Waals surface area contributed by atoms with E-state index < -0.39 is 0 Å². The van der Waals surface area contributed by atoms with Gasteiger partial charge in [0.05, 0.1) is 24.5 Å². The Balaban J connectivity index is 1.82. The Hall–Kier alpha value is -2.70. The molecule has 1 aliphatic heterocycles. The van der Waals surface area contributed by atoms with Gasteiger partial charge in [0, 0.05) is 41.1 Å². The summed E-state index contributed by atoms with van der Waals surface area (Å²) in [6.45, 7) is 4.15. The van der Waals surface area contributed by atoms with Crippen LogP contribution in [0.15, 0.2) is 42.6 Å². The zero-order valence-electron chi connectivity index (χ0n) is 14.9. The molecule has 1 amide bonds. The average molecular weight is 383 g/mol. The van der Waals surface area contributed by atoms with Gasteiger partial charge in [0.1, 0.15) is 0 Å². The number of benzene rings is 1. The minimum Gasteiger partial charge on any atom is -0.378 e. The van der Waals surface area contributed by atoms with Gasteiger partial charge in [-0.05, 0) is 37.3 Å². The van der Waals surface area contributed by atoms with Crippen LogP contribution in [0.4, 0.5) is 11.4 Å². The van der Waals surface area contributed by atoms with Crippen molar-refractivity contribution < 1.29 is 9.53 Å². The van der Waals surface area contributed by atoms with Gasteiger partial charge in [-0.1, -0.05) is 17.7 Å². The first-order valence-electron chi connectivity index (χ1n) is 8.78. The third-order valence-corrected chi connectivity index (χ3v) is 4.73.